The fraction of sp³-hybridized carbons (Fsp3) is 0.250. The molecule has 2 amide bonds. The lowest BCUT2D eigenvalue weighted by Gasteiger charge is -2.34. The number of hydrogen-bond acceptors (Lipinski definition) is 5. The zero-order valence-corrected chi connectivity index (χ0v) is 16.4. The standard InChI is InChI=1S/C20H20N4O4S/c21-10-9-19(25)22-17-7-4-8-18(15-17)29(27,28)24-13-11-23(12-14-24)20(26)16-5-2-1-3-6-16/h1-8,15H,9,11-14H2,(H,22,25). The molecule has 8 nitrogen and oxygen atoms in total. The fourth-order valence-electron chi connectivity index (χ4n) is 3.06. The normalized spacial score (nSPS) is 14.8. The number of rotatable bonds is 5. The number of carbonyl (C=O) groups excluding carboxylic acids is 2. The molecule has 0 unspecified atom stereocenters. The summed E-state index contributed by atoms with van der Waals surface area (Å²) >= 11 is 0. The van der Waals surface area contributed by atoms with Gasteiger partial charge in [-0.25, -0.2) is 8.42 Å². The highest BCUT2D eigenvalue weighted by Crippen LogP contribution is 2.21. The van der Waals surface area contributed by atoms with Crippen LogP contribution < -0.4 is 5.32 Å². The summed E-state index contributed by atoms with van der Waals surface area (Å²) in [4.78, 5) is 25.8. The number of piperazine rings is 1. The van der Waals surface area contributed by atoms with E-state index in [9.17, 15) is 18.0 Å². The second kappa shape index (κ2) is 8.86. The molecule has 1 saturated heterocycles. The van der Waals surface area contributed by atoms with Crippen LogP contribution in [0.15, 0.2) is 59.5 Å². The molecule has 0 spiro atoms. The van der Waals surface area contributed by atoms with Crippen molar-refractivity contribution >= 4 is 27.5 Å². The molecule has 0 radical (unpaired) electrons. The molecular formula is C20H20N4O4S. The lowest BCUT2D eigenvalue weighted by atomic mass is 10.2. The van der Waals surface area contributed by atoms with E-state index >= 15 is 0 Å². The predicted octanol–water partition coefficient (Wildman–Crippen LogP) is 1.69. The Morgan fingerprint density at radius 1 is 1.00 bits per heavy atom. The summed E-state index contributed by atoms with van der Waals surface area (Å²) in [5, 5.41) is 11.1. The van der Waals surface area contributed by atoms with Gasteiger partial charge in [0.25, 0.3) is 5.91 Å². The minimum Gasteiger partial charge on any atom is -0.336 e. The molecular weight excluding hydrogens is 392 g/mol. The van der Waals surface area contributed by atoms with Crippen LogP contribution in [0.25, 0.3) is 0 Å². The molecule has 0 atom stereocenters. The summed E-state index contributed by atoms with van der Waals surface area (Å²) in [5.41, 5.74) is 0.883. The highest BCUT2D eigenvalue weighted by atomic mass is 32.2. The van der Waals surface area contributed by atoms with Crippen molar-refractivity contribution in [2.24, 2.45) is 0 Å². The Kier molecular flexibility index (Phi) is 6.26. The van der Waals surface area contributed by atoms with Gasteiger partial charge in [-0.15, -0.1) is 0 Å². The number of amides is 2. The molecule has 9 heteroatoms. The molecule has 3 rings (SSSR count). The third-order valence-corrected chi connectivity index (χ3v) is 6.44. The van der Waals surface area contributed by atoms with Gasteiger partial charge in [-0.05, 0) is 30.3 Å². The molecule has 29 heavy (non-hydrogen) atoms. The Balaban J connectivity index is 1.68. The number of nitrogens with one attached hydrogen (secondary N) is 1. The van der Waals surface area contributed by atoms with Crippen LogP contribution >= 0.6 is 0 Å². The summed E-state index contributed by atoms with van der Waals surface area (Å²) in [6.07, 6.45) is -0.311. The van der Waals surface area contributed by atoms with Gasteiger partial charge in [0, 0.05) is 37.4 Å². The molecule has 0 bridgehead atoms. The van der Waals surface area contributed by atoms with Crippen molar-refractivity contribution in [2.45, 2.75) is 11.3 Å². The van der Waals surface area contributed by atoms with Gasteiger partial charge in [0.05, 0.1) is 11.0 Å². The van der Waals surface area contributed by atoms with Crippen LogP contribution in [0, 0.1) is 11.3 Å². The molecule has 2 aromatic carbocycles. The summed E-state index contributed by atoms with van der Waals surface area (Å²) < 4.78 is 27.2. The molecule has 1 N–H and O–H groups in total. The average molecular weight is 412 g/mol. The van der Waals surface area contributed by atoms with E-state index in [0.717, 1.165) is 0 Å². The van der Waals surface area contributed by atoms with Crippen molar-refractivity contribution in [2.75, 3.05) is 31.5 Å². The van der Waals surface area contributed by atoms with Gasteiger partial charge in [0.15, 0.2) is 0 Å². The minimum atomic E-state index is -3.77. The third kappa shape index (κ3) is 4.80. The van der Waals surface area contributed by atoms with E-state index in [0.29, 0.717) is 24.3 Å². The molecule has 1 heterocycles. The van der Waals surface area contributed by atoms with E-state index in [1.165, 1.54) is 22.5 Å². The molecule has 0 saturated carbocycles. The largest absolute Gasteiger partial charge is 0.336 e. The summed E-state index contributed by atoms with van der Waals surface area (Å²) in [6.45, 7) is 0.967. The number of benzene rings is 2. The Bertz CT molecular complexity index is 1040. The third-order valence-electron chi connectivity index (χ3n) is 4.54. The first kappa shape index (κ1) is 20.5. The van der Waals surface area contributed by atoms with E-state index in [1.54, 1.807) is 41.3 Å². The predicted molar refractivity (Wildman–Crippen MR) is 106 cm³/mol. The smallest absolute Gasteiger partial charge is 0.253 e. The van der Waals surface area contributed by atoms with Crippen LogP contribution in [0.5, 0.6) is 0 Å². The number of carbonyl (C=O) groups is 2. The lowest BCUT2D eigenvalue weighted by molar-refractivity contribution is -0.115. The fourth-order valence-corrected chi connectivity index (χ4v) is 4.52. The van der Waals surface area contributed by atoms with Crippen LogP contribution in [0.3, 0.4) is 0 Å². The maximum atomic E-state index is 13.0. The molecule has 0 aliphatic carbocycles. The molecule has 1 aliphatic heterocycles. The molecule has 0 aromatic heterocycles. The van der Waals surface area contributed by atoms with Gasteiger partial charge in [-0.1, -0.05) is 24.3 Å². The first-order valence-electron chi connectivity index (χ1n) is 9.03. The topological polar surface area (TPSA) is 111 Å². The van der Waals surface area contributed by atoms with Gasteiger partial charge in [0.1, 0.15) is 6.42 Å². The van der Waals surface area contributed by atoms with Crippen LogP contribution in [0.1, 0.15) is 16.8 Å². The zero-order valence-electron chi connectivity index (χ0n) is 15.6. The minimum absolute atomic E-state index is 0.0510. The van der Waals surface area contributed by atoms with Crippen molar-refractivity contribution in [3.8, 4) is 6.07 Å². The molecule has 150 valence electrons. The second-order valence-electron chi connectivity index (χ2n) is 6.47. The van der Waals surface area contributed by atoms with Crippen LogP contribution in [-0.4, -0.2) is 55.6 Å². The molecule has 1 fully saturated rings. The molecule has 2 aromatic rings. The zero-order chi connectivity index (χ0) is 20.9. The number of nitrogens with zero attached hydrogens (tertiary/aromatic N) is 3. The molecule has 1 aliphatic rings. The first-order chi connectivity index (χ1) is 13.9. The SMILES string of the molecule is N#CCC(=O)Nc1cccc(S(=O)(=O)N2CCN(C(=O)c3ccccc3)CC2)c1. The average Bonchev–Trinajstić information content (AvgIpc) is 2.74. The number of nitriles is 1. The van der Waals surface area contributed by atoms with Crippen LogP contribution in [0.4, 0.5) is 5.69 Å². The Morgan fingerprint density at radius 3 is 2.34 bits per heavy atom. The van der Waals surface area contributed by atoms with Gasteiger partial charge in [-0.3, -0.25) is 9.59 Å². The highest BCUT2D eigenvalue weighted by molar-refractivity contribution is 7.89. The van der Waals surface area contributed by atoms with E-state index in [4.69, 9.17) is 5.26 Å². The Labute approximate surface area is 169 Å². The van der Waals surface area contributed by atoms with Gasteiger partial charge in [0.2, 0.25) is 15.9 Å². The quantitative estimate of drug-likeness (QED) is 0.803. The number of hydrogen-bond donors (Lipinski definition) is 1. The monoisotopic (exact) mass is 412 g/mol. The van der Waals surface area contributed by atoms with Crippen molar-refractivity contribution in [3.63, 3.8) is 0 Å². The highest BCUT2D eigenvalue weighted by Gasteiger charge is 2.30. The van der Waals surface area contributed by atoms with Crippen molar-refractivity contribution in [1.82, 2.24) is 9.21 Å². The summed E-state index contributed by atoms with van der Waals surface area (Å²) in [5.74, 6) is -0.625. The lowest BCUT2D eigenvalue weighted by Crippen LogP contribution is -2.50. The van der Waals surface area contributed by atoms with Crippen molar-refractivity contribution in [3.05, 3.63) is 60.2 Å². The van der Waals surface area contributed by atoms with Crippen LogP contribution in [0.2, 0.25) is 0 Å². The summed E-state index contributed by atoms with van der Waals surface area (Å²) in [6, 6.07) is 16.5. The Morgan fingerprint density at radius 2 is 1.69 bits per heavy atom. The van der Waals surface area contributed by atoms with Crippen molar-refractivity contribution in [1.29, 1.82) is 5.26 Å². The van der Waals surface area contributed by atoms with Crippen LogP contribution in [-0.2, 0) is 14.8 Å². The maximum absolute atomic E-state index is 13.0. The van der Waals surface area contributed by atoms with E-state index in [-0.39, 0.29) is 30.3 Å². The Hall–Kier alpha value is -3.22. The van der Waals surface area contributed by atoms with Gasteiger partial charge < -0.3 is 10.2 Å². The van der Waals surface area contributed by atoms with E-state index in [2.05, 4.69) is 5.32 Å². The van der Waals surface area contributed by atoms with E-state index < -0.39 is 15.9 Å². The van der Waals surface area contributed by atoms with Gasteiger partial charge in [-0.2, -0.15) is 9.57 Å². The van der Waals surface area contributed by atoms with E-state index in [1.807, 2.05) is 6.07 Å². The summed E-state index contributed by atoms with van der Waals surface area (Å²) in [7, 11) is -3.77. The maximum Gasteiger partial charge on any atom is 0.253 e. The number of anilines is 1. The number of sulfonamides is 1. The van der Waals surface area contributed by atoms with Gasteiger partial charge >= 0.3 is 0 Å². The van der Waals surface area contributed by atoms with Crippen molar-refractivity contribution < 1.29 is 18.0 Å². The second-order valence-corrected chi connectivity index (χ2v) is 8.41. The first-order valence-corrected chi connectivity index (χ1v) is 10.5.